The summed E-state index contributed by atoms with van der Waals surface area (Å²) in [5.41, 5.74) is 5.89. The first kappa shape index (κ1) is 16.0. The number of pyridine rings is 1. The van der Waals surface area contributed by atoms with E-state index in [0.717, 1.165) is 0 Å². The highest BCUT2D eigenvalue weighted by atomic mass is 35.5. The maximum atomic E-state index is 12.3. The van der Waals surface area contributed by atoms with Crippen LogP contribution in [0.4, 0.5) is 5.82 Å². The summed E-state index contributed by atoms with van der Waals surface area (Å²) < 4.78 is 27.0. The Morgan fingerprint density at radius 3 is 2.52 bits per heavy atom. The zero-order valence-electron chi connectivity index (χ0n) is 10.4. The zero-order valence-corrected chi connectivity index (χ0v) is 13.5. The molecule has 1 heterocycles. The van der Waals surface area contributed by atoms with Gasteiger partial charge >= 0.3 is 0 Å². The fourth-order valence-corrected chi connectivity index (χ4v) is 3.27. The summed E-state index contributed by atoms with van der Waals surface area (Å²) in [6.07, 6.45) is 1.33. The van der Waals surface area contributed by atoms with Crippen molar-refractivity contribution in [3.8, 4) is 0 Å². The quantitative estimate of drug-likeness (QED) is 0.817. The van der Waals surface area contributed by atoms with Gasteiger partial charge in [0.2, 0.25) is 0 Å². The molecule has 0 radical (unpaired) electrons. The SMILES string of the molecule is NC(=S)c1ccc(Cl)c(S(=O)(=O)Nc2ccc(Cl)cn2)c1. The molecule has 0 amide bonds. The molecule has 0 aliphatic heterocycles. The molecule has 0 atom stereocenters. The molecule has 0 aliphatic carbocycles. The van der Waals surface area contributed by atoms with Crippen molar-refractivity contribution in [3.05, 3.63) is 52.1 Å². The molecule has 2 aromatic rings. The van der Waals surface area contributed by atoms with Crippen LogP contribution in [0.5, 0.6) is 0 Å². The molecule has 5 nitrogen and oxygen atoms in total. The van der Waals surface area contributed by atoms with Crippen molar-refractivity contribution >= 4 is 56.2 Å². The molecule has 0 fully saturated rings. The Balaban J connectivity index is 2.41. The number of halogens is 2. The molecule has 0 aliphatic rings. The van der Waals surface area contributed by atoms with Gasteiger partial charge in [-0.1, -0.05) is 41.5 Å². The van der Waals surface area contributed by atoms with Crippen molar-refractivity contribution in [1.29, 1.82) is 0 Å². The lowest BCUT2D eigenvalue weighted by atomic mass is 10.2. The summed E-state index contributed by atoms with van der Waals surface area (Å²) in [5.74, 6) is 0.121. The van der Waals surface area contributed by atoms with E-state index in [4.69, 9.17) is 41.2 Å². The summed E-state index contributed by atoms with van der Waals surface area (Å²) in [6.45, 7) is 0. The number of hydrogen-bond acceptors (Lipinski definition) is 4. The van der Waals surface area contributed by atoms with Crippen molar-refractivity contribution in [3.63, 3.8) is 0 Å². The summed E-state index contributed by atoms with van der Waals surface area (Å²) in [6, 6.07) is 7.22. The fourth-order valence-electron chi connectivity index (χ4n) is 1.49. The number of nitrogens with one attached hydrogen (secondary N) is 1. The fraction of sp³-hybridized carbons (Fsp3) is 0. The number of sulfonamides is 1. The minimum Gasteiger partial charge on any atom is -0.389 e. The average molecular weight is 362 g/mol. The van der Waals surface area contributed by atoms with Gasteiger partial charge in [0.05, 0.1) is 10.0 Å². The topological polar surface area (TPSA) is 85.1 Å². The Bertz CT molecular complexity index is 793. The lowest BCUT2D eigenvalue weighted by molar-refractivity contribution is 0.601. The molecule has 110 valence electrons. The number of anilines is 1. The Kier molecular flexibility index (Phi) is 4.67. The van der Waals surface area contributed by atoms with Crippen molar-refractivity contribution < 1.29 is 8.42 Å². The van der Waals surface area contributed by atoms with E-state index in [2.05, 4.69) is 9.71 Å². The van der Waals surface area contributed by atoms with Gasteiger partial charge in [-0.15, -0.1) is 0 Å². The molecule has 0 saturated heterocycles. The largest absolute Gasteiger partial charge is 0.389 e. The molecule has 0 saturated carbocycles. The first-order valence-electron chi connectivity index (χ1n) is 5.53. The maximum Gasteiger partial charge on any atom is 0.264 e. The minimum atomic E-state index is -3.92. The van der Waals surface area contributed by atoms with E-state index in [1.54, 1.807) is 6.07 Å². The monoisotopic (exact) mass is 361 g/mol. The first-order valence-corrected chi connectivity index (χ1v) is 8.18. The van der Waals surface area contributed by atoms with E-state index >= 15 is 0 Å². The molecular formula is C12H9Cl2N3O2S2. The molecule has 3 N–H and O–H groups in total. The van der Waals surface area contributed by atoms with Gasteiger partial charge in [0, 0.05) is 11.8 Å². The van der Waals surface area contributed by atoms with E-state index in [9.17, 15) is 8.42 Å². The number of benzene rings is 1. The Hall–Kier alpha value is -1.41. The van der Waals surface area contributed by atoms with Gasteiger partial charge in [-0.2, -0.15) is 0 Å². The zero-order chi connectivity index (χ0) is 15.6. The van der Waals surface area contributed by atoms with E-state index in [0.29, 0.717) is 10.6 Å². The number of hydrogen-bond donors (Lipinski definition) is 2. The number of nitrogens with two attached hydrogens (primary N) is 1. The number of nitrogens with zero attached hydrogens (tertiary/aromatic N) is 1. The molecule has 1 aromatic heterocycles. The van der Waals surface area contributed by atoms with E-state index in [1.165, 1.54) is 30.5 Å². The second-order valence-corrected chi connectivity index (χ2v) is 6.91. The van der Waals surface area contributed by atoms with Crippen LogP contribution >= 0.6 is 35.4 Å². The Labute approximate surface area is 137 Å². The summed E-state index contributed by atoms with van der Waals surface area (Å²) >= 11 is 16.4. The normalized spacial score (nSPS) is 11.1. The predicted molar refractivity (Wildman–Crippen MR) is 87.4 cm³/mol. The minimum absolute atomic E-state index is 0.0523. The first-order chi connectivity index (χ1) is 9.79. The molecule has 0 unspecified atom stereocenters. The molecule has 2 rings (SSSR count). The van der Waals surface area contributed by atoms with Gasteiger partial charge in [0.1, 0.15) is 15.7 Å². The lowest BCUT2D eigenvalue weighted by Gasteiger charge is -2.10. The van der Waals surface area contributed by atoms with Crippen LogP contribution in [0.2, 0.25) is 10.0 Å². The molecule has 9 heteroatoms. The average Bonchev–Trinajstić information content (AvgIpc) is 2.41. The third-order valence-electron chi connectivity index (χ3n) is 2.47. The smallest absolute Gasteiger partial charge is 0.264 e. The van der Waals surface area contributed by atoms with Crippen molar-refractivity contribution in [2.45, 2.75) is 4.90 Å². The summed E-state index contributed by atoms with van der Waals surface area (Å²) in [7, 11) is -3.92. The van der Waals surface area contributed by atoms with E-state index < -0.39 is 10.0 Å². The standard InChI is InChI=1S/C12H9Cl2N3O2S2/c13-8-2-4-11(16-6-8)17-21(18,19)10-5-7(12(15)20)1-3-9(10)14/h1-6H,(H2,15,20)(H,16,17). The highest BCUT2D eigenvalue weighted by Crippen LogP contribution is 2.24. The Morgan fingerprint density at radius 2 is 1.95 bits per heavy atom. The third kappa shape index (κ3) is 3.82. The van der Waals surface area contributed by atoms with Crippen molar-refractivity contribution in [1.82, 2.24) is 4.98 Å². The van der Waals surface area contributed by atoms with Gasteiger partial charge in [-0.05, 0) is 24.3 Å². The van der Waals surface area contributed by atoms with Crippen molar-refractivity contribution in [2.75, 3.05) is 4.72 Å². The Morgan fingerprint density at radius 1 is 1.24 bits per heavy atom. The highest BCUT2D eigenvalue weighted by Gasteiger charge is 2.19. The second kappa shape index (κ2) is 6.15. The highest BCUT2D eigenvalue weighted by molar-refractivity contribution is 7.92. The van der Waals surface area contributed by atoms with Crippen molar-refractivity contribution in [2.24, 2.45) is 5.73 Å². The van der Waals surface area contributed by atoms with Gasteiger partial charge < -0.3 is 5.73 Å². The van der Waals surface area contributed by atoms with Crippen LogP contribution in [0, 0.1) is 0 Å². The van der Waals surface area contributed by atoms with Crippen LogP contribution in [0.3, 0.4) is 0 Å². The number of thiocarbonyl (C=S) groups is 1. The number of aromatic nitrogens is 1. The summed E-state index contributed by atoms with van der Waals surface area (Å²) in [4.78, 5) is 3.80. The van der Waals surface area contributed by atoms with Crippen LogP contribution in [0.25, 0.3) is 0 Å². The molecule has 1 aromatic carbocycles. The van der Waals surface area contributed by atoms with Gasteiger partial charge in [0.25, 0.3) is 10.0 Å². The lowest BCUT2D eigenvalue weighted by Crippen LogP contribution is -2.16. The number of rotatable bonds is 4. The van der Waals surface area contributed by atoms with Crippen LogP contribution in [-0.2, 0) is 10.0 Å². The molecule has 0 bridgehead atoms. The van der Waals surface area contributed by atoms with E-state index in [-0.39, 0.29) is 20.7 Å². The summed E-state index contributed by atoms with van der Waals surface area (Å²) in [5, 5.41) is 0.447. The van der Waals surface area contributed by atoms with Gasteiger partial charge in [-0.3, -0.25) is 4.72 Å². The van der Waals surface area contributed by atoms with Gasteiger partial charge in [0.15, 0.2) is 0 Å². The van der Waals surface area contributed by atoms with E-state index in [1.807, 2.05) is 0 Å². The second-order valence-electron chi connectivity index (χ2n) is 3.98. The van der Waals surface area contributed by atoms with Crippen LogP contribution in [0.15, 0.2) is 41.4 Å². The van der Waals surface area contributed by atoms with Crippen LogP contribution in [0.1, 0.15) is 5.56 Å². The van der Waals surface area contributed by atoms with Gasteiger partial charge in [-0.25, -0.2) is 13.4 Å². The molecule has 0 spiro atoms. The predicted octanol–water partition coefficient (Wildman–Crippen LogP) is 2.82. The molecular weight excluding hydrogens is 353 g/mol. The van der Waals surface area contributed by atoms with Crippen LogP contribution < -0.4 is 10.5 Å². The third-order valence-corrected chi connectivity index (χ3v) is 4.77. The molecule has 21 heavy (non-hydrogen) atoms. The van der Waals surface area contributed by atoms with Crippen LogP contribution in [-0.4, -0.2) is 18.4 Å². The maximum absolute atomic E-state index is 12.3.